The fraction of sp³-hybridized carbons (Fsp3) is 0.889. The van der Waals surface area contributed by atoms with Crippen LogP contribution in [0.2, 0.25) is 0 Å². The molecule has 14 heavy (non-hydrogen) atoms. The molecule has 84 valence electrons. The van der Waals surface area contributed by atoms with Gasteiger partial charge in [0.2, 0.25) is 5.91 Å². The van der Waals surface area contributed by atoms with Crippen LogP contribution >= 0.6 is 0 Å². The third-order valence-electron chi connectivity index (χ3n) is 2.00. The molecule has 0 aromatic rings. The van der Waals surface area contributed by atoms with Crippen LogP contribution in [0.5, 0.6) is 0 Å². The maximum absolute atomic E-state index is 11.4. The van der Waals surface area contributed by atoms with Crippen LogP contribution in [0, 0.1) is 0 Å². The van der Waals surface area contributed by atoms with Gasteiger partial charge in [0, 0.05) is 6.54 Å². The van der Waals surface area contributed by atoms with Crippen molar-refractivity contribution in [2.45, 2.75) is 38.3 Å². The summed E-state index contributed by atoms with van der Waals surface area (Å²) in [6.45, 7) is 3.26. The van der Waals surface area contributed by atoms with Gasteiger partial charge in [-0.05, 0) is 13.3 Å². The molecule has 5 N–H and O–H groups in total. The summed E-state index contributed by atoms with van der Waals surface area (Å²) in [4.78, 5) is 11.4. The van der Waals surface area contributed by atoms with Crippen LogP contribution in [0.25, 0.3) is 0 Å². The zero-order chi connectivity index (χ0) is 11.2. The number of aliphatic hydroxyl groups excluding tert-OH is 2. The molecule has 0 fully saturated rings. The number of nitrogens with one attached hydrogen (secondary N) is 1. The summed E-state index contributed by atoms with van der Waals surface area (Å²) in [5.74, 6) is -0.299. The standard InChI is InChI=1S/C9H20N2O3/c1-3-4-9(2,10)8(14)11-5-7(13)6-12/h7,12-13H,3-6,10H2,1-2H3,(H,11,14). The van der Waals surface area contributed by atoms with Crippen molar-refractivity contribution in [1.29, 1.82) is 0 Å². The lowest BCUT2D eigenvalue weighted by atomic mass is 9.96. The highest BCUT2D eigenvalue weighted by atomic mass is 16.3. The summed E-state index contributed by atoms with van der Waals surface area (Å²) in [5.41, 5.74) is 4.84. The van der Waals surface area contributed by atoms with Crippen molar-refractivity contribution in [2.75, 3.05) is 13.2 Å². The Hall–Kier alpha value is -0.650. The van der Waals surface area contributed by atoms with E-state index in [1.54, 1.807) is 6.92 Å². The Labute approximate surface area is 84.3 Å². The van der Waals surface area contributed by atoms with Gasteiger partial charge in [-0.3, -0.25) is 4.79 Å². The van der Waals surface area contributed by atoms with Gasteiger partial charge in [0.05, 0.1) is 18.2 Å². The molecule has 0 aromatic heterocycles. The molecule has 0 aliphatic rings. The number of nitrogens with two attached hydrogens (primary N) is 1. The third kappa shape index (κ3) is 4.55. The molecule has 0 rings (SSSR count). The van der Waals surface area contributed by atoms with E-state index < -0.39 is 11.6 Å². The molecule has 0 radical (unpaired) electrons. The molecule has 0 heterocycles. The lowest BCUT2D eigenvalue weighted by Gasteiger charge is -2.23. The molecule has 0 saturated carbocycles. The van der Waals surface area contributed by atoms with Gasteiger partial charge >= 0.3 is 0 Å². The normalized spacial score (nSPS) is 17.2. The average Bonchev–Trinajstić information content (AvgIpc) is 2.13. The van der Waals surface area contributed by atoms with Crippen molar-refractivity contribution in [3.63, 3.8) is 0 Å². The molecule has 2 atom stereocenters. The minimum atomic E-state index is -0.920. The monoisotopic (exact) mass is 204 g/mol. The molecular weight excluding hydrogens is 184 g/mol. The second-order valence-electron chi connectivity index (χ2n) is 3.71. The summed E-state index contributed by atoms with van der Waals surface area (Å²) < 4.78 is 0. The first-order valence-corrected chi connectivity index (χ1v) is 4.80. The van der Waals surface area contributed by atoms with Gasteiger partial charge in [0.1, 0.15) is 0 Å². The van der Waals surface area contributed by atoms with Crippen molar-refractivity contribution in [3.8, 4) is 0 Å². The van der Waals surface area contributed by atoms with Gasteiger partial charge in [-0.25, -0.2) is 0 Å². The van der Waals surface area contributed by atoms with Gasteiger partial charge in [-0.2, -0.15) is 0 Å². The van der Waals surface area contributed by atoms with E-state index in [0.29, 0.717) is 6.42 Å². The largest absolute Gasteiger partial charge is 0.394 e. The Morgan fingerprint density at radius 2 is 2.21 bits per heavy atom. The quantitative estimate of drug-likeness (QED) is 0.445. The van der Waals surface area contributed by atoms with Crippen LogP contribution < -0.4 is 11.1 Å². The van der Waals surface area contributed by atoms with Crippen molar-refractivity contribution in [3.05, 3.63) is 0 Å². The van der Waals surface area contributed by atoms with Crippen LogP contribution in [0.3, 0.4) is 0 Å². The highest BCUT2D eigenvalue weighted by molar-refractivity contribution is 5.85. The fourth-order valence-electron chi connectivity index (χ4n) is 1.11. The molecular formula is C9H20N2O3. The molecule has 1 amide bonds. The van der Waals surface area contributed by atoms with Crippen molar-refractivity contribution < 1.29 is 15.0 Å². The summed E-state index contributed by atoms with van der Waals surface area (Å²) in [6.07, 6.45) is 0.494. The SMILES string of the molecule is CCCC(C)(N)C(=O)NCC(O)CO. The van der Waals surface area contributed by atoms with E-state index in [4.69, 9.17) is 15.9 Å². The molecule has 0 aliphatic carbocycles. The Balaban J connectivity index is 3.94. The molecule has 5 heteroatoms. The number of hydrogen-bond donors (Lipinski definition) is 4. The first kappa shape index (κ1) is 13.4. The first-order chi connectivity index (χ1) is 6.44. The second kappa shape index (κ2) is 5.95. The summed E-state index contributed by atoms with van der Waals surface area (Å²) >= 11 is 0. The van der Waals surface area contributed by atoms with E-state index in [9.17, 15) is 4.79 Å². The van der Waals surface area contributed by atoms with E-state index in [2.05, 4.69) is 5.32 Å². The highest BCUT2D eigenvalue weighted by Gasteiger charge is 2.26. The van der Waals surface area contributed by atoms with Gasteiger partial charge < -0.3 is 21.3 Å². The fourth-order valence-corrected chi connectivity index (χ4v) is 1.11. The Morgan fingerprint density at radius 3 is 2.64 bits per heavy atom. The maximum atomic E-state index is 11.4. The van der Waals surface area contributed by atoms with Gasteiger partial charge in [0.15, 0.2) is 0 Å². The van der Waals surface area contributed by atoms with Crippen LogP contribution in [0.1, 0.15) is 26.7 Å². The lowest BCUT2D eigenvalue weighted by molar-refractivity contribution is -0.126. The number of amides is 1. The summed E-state index contributed by atoms with van der Waals surface area (Å²) in [7, 11) is 0. The van der Waals surface area contributed by atoms with E-state index in [0.717, 1.165) is 6.42 Å². The van der Waals surface area contributed by atoms with Gasteiger partial charge in [0.25, 0.3) is 0 Å². The first-order valence-electron chi connectivity index (χ1n) is 4.80. The van der Waals surface area contributed by atoms with Gasteiger partial charge in [-0.1, -0.05) is 13.3 Å². The number of aliphatic hydroxyl groups is 2. The van der Waals surface area contributed by atoms with E-state index in [1.807, 2.05) is 6.92 Å². The molecule has 2 unspecified atom stereocenters. The van der Waals surface area contributed by atoms with E-state index in [1.165, 1.54) is 0 Å². The van der Waals surface area contributed by atoms with Crippen molar-refractivity contribution >= 4 is 5.91 Å². The average molecular weight is 204 g/mol. The lowest BCUT2D eigenvalue weighted by Crippen LogP contribution is -2.53. The highest BCUT2D eigenvalue weighted by Crippen LogP contribution is 2.07. The molecule has 0 aliphatic heterocycles. The van der Waals surface area contributed by atoms with Crippen molar-refractivity contribution in [1.82, 2.24) is 5.32 Å². The Kier molecular flexibility index (Phi) is 5.68. The smallest absolute Gasteiger partial charge is 0.239 e. The van der Waals surface area contributed by atoms with E-state index in [-0.39, 0.29) is 19.1 Å². The number of rotatable bonds is 6. The molecule has 0 bridgehead atoms. The van der Waals surface area contributed by atoms with Crippen LogP contribution in [0.4, 0.5) is 0 Å². The number of carbonyl (C=O) groups excluding carboxylic acids is 1. The maximum Gasteiger partial charge on any atom is 0.239 e. The predicted octanol–water partition coefficient (Wildman–Crippen LogP) is -1.03. The topological polar surface area (TPSA) is 95.6 Å². The van der Waals surface area contributed by atoms with Crippen LogP contribution in [0.15, 0.2) is 0 Å². The minimum absolute atomic E-state index is 0.0336. The van der Waals surface area contributed by atoms with Crippen LogP contribution in [-0.2, 0) is 4.79 Å². The number of hydrogen-bond acceptors (Lipinski definition) is 4. The Bertz CT molecular complexity index is 183. The minimum Gasteiger partial charge on any atom is -0.394 e. The zero-order valence-corrected chi connectivity index (χ0v) is 8.79. The summed E-state index contributed by atoms with van der Waals surface area (Å²) in [5, 5.41) is 20.0. The molecule has 0 spiro atoms. The van der Waals surface area contributed by atoms with E-state index >= 15 is 0 Å². The molecule has 5 nitrogen and oxygen atoms in total. The van der Waals surface area contributed by atoms with Crippen LogP contribution in [-0.4, -0.2) is 40.9 Å². The third-order valence-corrected chi connectivity index (χ3v) is 2.00. The Morgan fingerprint density at radius 1 is 1.64 bits per heavy atom. The molecule has 0 aromatic carbocycles. The predicted molar refractivity (Wildman–Crippen MR) is 53.6 cm³/mol. The number of carbonyl (C=O) groups is 1. The second-order valence-corrected chi connectivity index (χ2v) is 3.71. The zero-order valence-electron chi connectivity index (χ0n) is 8.79. The molecule has 0 saturated heterocycles. The van der Waals surface area contributed by atoms with Gasteiger partial charge in [-0.15, -0.1) is 0 Å². The summed E-state index contributed by atoms with van der Waals surface area (Å²) in [6, 6.07) is 0. The van der Waals surface area contributed by atoms with Crippen molar-refractivity contribution in [2.24, 2.45) is 5.73 Å².